The number of hydrogen-bond donors (Lipinski definition) is 1. The predicted octanol–water partition coefficient (Wildman–Crippen LogP) is 3.22. The third-order valence-corrected chi connectivity index (χ3v) is 7.34. The van der Waals surface area contributed by atoms with Gasteiger partial charge in [0.2, 0.25) is 5.91 Å². The Labute approximate surface area is 199 Å². The van der Waals surface area contributed by atoms with Crippen molar-refractivity contribution in [3.8, 4) is 0 Å². The molecule has 0 bridgehead atoms. The molecule has 0 unspecified atom stereocenters. The molecule has 1 fully saturated rings. The maximum atomic E-state index is 12.9. The summed E-state index contributed by atoms with van der Waals surface area (Å²) in [4.78, 5) is 30.5. The fraction of sp³-hybridized carbons (Fsp3) is 0.333. The highest BCUT2D eigenvalue weighted by atomic mass is 35.5. The average Bonchev–Trinajstić information content (AvgIpc) is 3.40. The molecule has 3 heterocycles. The molecule has 2 aromatic heterocycles. The molecule has 11 heteroatoms. The highest BCUT2D eigenvalue weighted by Gasteiger charge is 2.22. The second-order valence-corrected chi connectivity index (χ2v) is 10.2. The van der Waals surface area contributed by atoms with Crippen LogP contribution in [0.25, 0.3) is 0 Å². The predicted molar refractivity (Wildman–Crippen MR) is 127 cm³/mol. The van der Waals surface area contributed by atoms with Crippen molar-refractivity contribution in [2.24, 2.45) is 7.05 Å². The highest BCUT2D eigenvalue weighted by Crippen LogP contribution is 2.23. The Hall–Kier alpha value is -2.40. The molecule has 2 amide bonds. The van der Waals surface area contributed by atoms with Gasteiger partial charge in [-0.25, -0.2) is 0 Å². The third-order valence-electron chi connectivity index (χ3n) is 5.09. The fourth-order valence-corrected chi connectivity index (χ4v) is 5.19. The molecule has 4 rings (SSSR count). The second-order valence-electron chi connectivity index (χ2n) is 7.41. The van der Waals surface area contributed by atoms with Gasteiger partial charge in [-0.05, 0) is 36.4 Å². The number of halogens is 1. The van der Waals surface area contributed by atoms with Crippen LogP contribution in [0.5, 0.6) is 0 Å². The van der Waals surface area contributed by atoms with Gasteiger partial charge >= 0.3 is 0 Å². The highest BCUT2D eigenvalue weighted by molar-refractivity contribution is 7.99. The van der Waals surface area contributed by atoms with Gasteiger partial charge in [0.05, 0.1) is 10.1 Å². The van der Waals surface area contributed by atoms with E-state index in [1.807, 2.05) is 18.0 Å². The molecule has 1 saturated heterocycles. The standard InChI is InChI=1S/C21H23ClN6O2S2/c1-26-14-23-25-21(26)31-13-19(29)24-16-4-2-15(3-5-16)20(30)28-10-8-27(9-11-28)12-17-6-7-18(22)32-17/h2-7,14H,8-13H2,1H3,(H,24,29). The van der Waals surface area contributed by atoms with Crippen molar-refractivity contribution in [3.63, 3.8) is 0 Å². The molecular weight excluding hydrogens is 468 g/mol. The summed E-state index contributed by atoms with van der Waals surface area (Å²) in [7, 11) is 1.83. The topological polar surface area (TPSA) is 83.4 Å². The van der Waals surface area contributed by atoms with Crippen LogP contribution in [0.1, 0.15) is 15.2 Å². The van der Waals surface area contributed by atoms with E-state index in [9.17, 15) is 9.59 Å². The number of thiophene rings is 1. The monoisotopic (exact) mass is 490 g/mol. The van der Waals surface area contributed by atoms with Crippen molar-refractivity contribution < 1.29 is 9.59 Å². The lowest BCUT2D eigenvalue weighted by atomic mass is 10.1. The van der Waals surface area contributed by atoms with Crippen LogP contribution in [-0.4, -0.2) is 68.3 Å². The quantitative estimate of drug-likeness (QED) is 0.512. The first kappa shape index (κ1) is 22.8. The van der Waals surface area contributed by atoms with E-state index >= 15 is 0 Å². The van der Waals surface area contributed by atoms with E-state index < -0.39 is 0 Å². The Morgan fingerprint density at radius 3 is 2.50 bits per heavy atom. The van der Waals surface area contributed by atoms with Crippen LogP contribution >= 0.6 is 34.7 Å². The molecule has 8 nitrogen and oxygen atoms in total. The Kier molecular flexibility index (Phi) is 7.46. The zero-order valence-electron chi connectivity index (χ0n) is 17.5. The van der Waals surface area contributed by atoms with Crippen LogP contribution in [0.15, 0.2) is 47.9 Å². The van der Waals surface area contributed by atoms with Gasteiger partial charge in [0, 0.05) is 55.9 Å². The molecule has 1 aromatic carbocycles. The van der Waals surface area contributed by atoms with Gasteiger partial charge in [-0.1, -0.05) is 23.4 Å². The van der Waals surface area contributed by atoms with Crippen molar-refractivity contribution in [1.82, 2.24) is 24.6 Å². The van der Waals surface area contributed by atoms with Crippen LogP contribution in [0.3, 0.4) is 0 Å². The van der Waals surface area contributed by atoms with Gasteiger partial charge in [0.15, 0.2) is 5.16 Å². The number of carbonyl (C=O) groups excluding carboxylic acids is 2. The molecule has 1 aliphatic heterocycles. The smallest absolute Gasteiger partial charge is 0.253 e. The number of carbonyl (C=O) groups is 2. The lowest BCUT2D eigenvalue weighted by Crippen LogP contribution is -2.48. The molecule has 3 aromatic rings. The van der Waals surface area contributed by atoms with E-state index in [4.69, 9.17) is 11.6 Å². The van der Waals surface area contributed by atoms with Gasteiger partial charge < -0.3 is 14.8 Å². The number of hydrogen-bond acceptors (Lipinski definition) is 7. The number of nitrogens with zero attached hydrogens (tertiary/aromatic N) is 5. The summed E-state index contributed by atoms with van der Waals surface area (Å²) in [5.74, 6) is 0.106. The van der Waals surface area contributed by atoms with Gasteiger partial charge in [0.1, 0.15) is 6.33 Å². The van der Waals surface area contributed by atoms with E-state index in [-0.39, 0.29) is 17.6 Å². The summed E-state index contributed by atoms with van der Waals surface area (Å²) < 4.78 is 2.56. The Morgan fingerprint density at radius 2 is 1.88 bits per heavy atom. The SMILES string of the molecule is Cn1cnnc1SCC(=O)Nc1ccc(C(=O)N2CCN(Cc3ccc(Cl)s3)CC2)cc1. The molecule has 168 valence electrons. The first-order chi connectivity index (χ1) is 15.5. The van der Waals surface area contributed by atoms with Crippen molar-refractivity contribution >= 4 is 52.2 Å². The molecule has 0 radical (unpaired) electrons. The molecule has 1 N–H and O–H groups in total. The van der Waals surface area contributed by atoms with Gasteiger partial charge in [-0.2, -0.15) is 0 Å². The van der Waals surface area contributed by atoms with E-state index in [1.165, 1.54) is 16.6 Å². The number of anilines is 1. The summed E-state index contributed by atoms with van der Waals surface area (Å²) in [6.45, 7) is 3.91. The van der Waals surface area contributed by atoms with Crippen LogP contribution in [-0.2, 0) is 18.4 Å². The normalized spacial score (nSPS) is 14.5. The van der Waals surface area contributed by atoms with Crippen LogP contribution < -0.4 is 5.32 Å². The van der Waals surface area contributed by atoms with Crippen molar-refractivity contribution in [1.29, 1.82) is 0 Å². The minimum absolute atomic E-state index is 0.0135. The Morgan fingerprint density at radius 1 is 1.12 bits per heavy atom. The minimum Gasteiger partial charge on any atom is -0.336 e. The average molecular weight is 491 g/mol. The largest absolute Gasteiger partial charge is 0.336 e. The molecule has 32 heavy (non-hydrogen) atoms. The molecular formula is C21H23ClN6O2S2. The second kappa shape index (κ2) is 10.5. The van der Waals surface area contributed by atoms with Gasteiger partial charge in [0.25, 0.3) is 5.91 Å². The Balaban J connectivity index is 1.24. The number of aryl methyl sites for hydroxylation is 1. The summed E-state index contributed by atoms with van der Waals surface area (Å²) >= 11 is 8.92. The fourth-order valence-electron chi connectivity index (χ4n) is 3.38. The number of rotatable bonds is 7. The minimum atomic E-state index is -0.139. The number of amides is 2. The van der Waals surface area contributed by atoms with Crippen molar-refractivity contribution in [2.75, 3.05) is 37.2 Å². The Bertz CT molecular complexity index is 1080. The molecule has 1 aliphatic rings. The van der Waals surface area contributed by atoms with Crippen molar-refractivity contribution in [2.45, 2.75) is 11.7 Å². The summed E-state index contributed by atoms with van der Waals surface area (Å²) in [6, 6.07) is 11.0. The zero-order valence-corrected chi connectivity index (χ0v) is 19.9. The number of aromatic nitrogens is 3. The first-order valence-electron chi connectivity index (χ1n) is 10.1. The number of thioether (sulfide) groups is 1. The van der Waals surface area contributed by atoms with Gasteiger partial charge in [-0.3, -0.25) is 14.5 Å². The van der Waals surface area contributed by atoms with E-state index in [2.05, 4.69) is 26.5 Å². The summed E-state index contributed by atoms with van der Waals surface area (Å²) in [5, 5.41) is 11.3. The van der Waals surface area contributed by atoms with Crippen LogP contribution in [0.2, 0.25) is 4.34 Å². The number of piperazine rings is 1. The van der Waals surface area contributed by atoms with E-state index in [0.717, 1.165) is 24.0 Å². The molecule has 0 spiro atoms. The zero-order chi connectivity index (χ0) is 22.5. The number of nitrogens with one attached hydrogen (secondary N) is 1. The van der Waals surface area contributed by atoms with Crippen molar-refractivity contribution in [3.05, 3.63) is 57.5 Å². The van der Waals surface area contributed by atoms with Crippen LogP contribution in [0, 0.1) is 0 Å². The molecule has 0 saturated carbocycles. The third kappa shape index (κ3) is 5.89. The van der Waals surface area contributed by atoms with E-state index in [0.29, 0.717) is 29.5 Å². The molecule has 0 atom stereocenters. The lowest BCUT2D eigenvalue weighted by Gasteiger charge is -2.34. The lowest BCUT2D eigenvalue weighted by molar-refractivity contribution is -0.113. The maximum Gasteiger partial charge on any atom is 0.253 e. The number of benzene rings is 1. The summed E-state index contributed by atoms with van der Waals surface area (Å²) in [5.41, 5.74) is 1.28. The summed E-state index contributed by atoms with van der Waals surface area (Å²) in [6.07, 6.45) is 1.59. The van der Waals surface area contributed by atoms with E-state index in [1.54, 1.807) is 46.5 Å². The first-order valence-corrected chi connectivity index (χ1v) is 12.3. The maximum absolute atomic E-state index is 12.9. The van der Waals surface area contributed by atoms with Crippen LogP contribution in [0.4, 0.5) is 5.69 Å². The molecule has 0 aliphatic carbocycles. The van der Waals surface area contributed by atoms with Gasteiger partial charge in [-0.15, -0.1) is 21.5 Å².